The van der Waals surface area contributed by atoms with E-state index in [0.29, 0.717) is 10.8 Å². The number of nitrogens with zero attached hydrogens (tertiary/aromatic N) is 1. The molecule has 0 spiro atoms. The zero-order valence-electron chi connectivity index (χ0n) is 14.0. The van der Waals surface area contributed by atoms with Crippen LogP contribution < -0.4 is 5.32 Å². The lowest BCUT2D eigenvalue weighted by molar-refractivity contribution is 0.0935. The number of carbonyl (C=O) groups excluding carboxylic acids is 1. The molecule has 0 aliphatic rings. The van der Waals surface area contributed by atoms with Crippen LogP contribution in [0.25, 0.3) is 11.0 Å². The number of para-hydroxylation sites is 2. The number of carbonyl (C=O) groups is 1. The summed E-state index contributed by atoms with van der Waals surface area (Å²) < 4.78 is 0. The molecule has 1 amide bonds. The Morgan fingerprint density at radius 3 is 2.54 bits per heavy atom. The van der Waals surface area contributed by atoms with Gasteiger partial charge in [-0.25, -0.2) is 4.98 Å². The average molecular weight is 339 g/mol. The molecule has 0 bridgehead atoms. The van der Waals surface area contributed by atoms with Crippen molar-refractivity contribution in [1.29, 1.82) is 0 Å². The van der Waals surface area contributed by atoms with E-state index in [4.69, 9.17) is 0 Å². The molecule has 0 fully saturated rings. The van der Waals surface area contributed by atoms with Crippen molar-refractivity contribution in [2.24, 2.45) is 0 Å². The molecule has 0 radical (unpaired) electrons. The monoisotopic (exact) mass is 339 g/mol. The van der Waals surface area contributed by atoms with Crippen LogP contribution in [0.2, 0.25) is 0 Å². The summed E-state index contributed by atoms with van der Waals surface area (Å²) in [5.74, 6) is 0.685. The lowest BCUT2D eigenvalue weighted by Crippen LogP contribution is -2.27. The van der Waals surface area contributed by atoms with Crippen molar-refractivity contribution in [3.05, 3.63) is 59.9 Å². The molecule has 0 saturated carbocycles. The van der Waals surface area contributed by atoms with Crippen molar-refractivity contribution in [3.8, 4) is 0 Å². The highest BCUT2D eigenvalue weighted by Gasteiger charge is 2.17. The first-order chi connectivity index (χ1) is 11.5. The number of aromatic amines is 1. The van der Waals surface area contributed by atoms with Crippen LogP contribution in [0.3, 0.4) is 0 Å². The van der Waals surface area contributed by atoms with Gasteiger partial charge in [-0.2, -0.15) is 0 Å². The Hall–Kier alpha value is -2.27. The smallest absolute Gasteiger partial charge is 0.252 e. The molecule has 0 aliphatic carbocycles. The van der Waals surface area contributed by atoms with Crippen molar-refractivity contribution in [2.45, 2.75) is 37.0 Å². The van der Waals surface area contributed by atoms with Crippen LogP contribution in [0.1, 0.15) is 43.0 Å². The molecule has 3 aromatic rings. The topological polar surface area (TPSA) is 57.8 Å². The largest absolute Gasteiger partial charge is 0.342 e. The molecule has 0 aliphatic heterocycles. The van der Waals surface area contributed by atoms with E-state index in [1.165, 1.54) is 0 Å². The Labute approximate surface area is 146 Å². The van der Waals surface area contributed by atoms with E-state index in [9.17, 15) is 4.79 Å². The fourth-order valence-corrected chi connectivity index (χ4v) is 3.48. The minimum atomic E-state index is -0.193. The number of nitrogens with one attached hydrogen (secondary N) is 2. The normalized spacial score (nSPS) is 12.5. The van der Waals surface area contributed by atoms with Gasteiger partial charge in [0.05, 0.1) is 22.6 Å². The molecule has 1 heterocycles. The number of hydrogen-bond donors (Lipinski definition) is 2. The SMILES string of the molecule is CC(C)Sc1ccccc1C(=O)NC(C)c1nc2ccccc2[nH]1. The van der Waals surface area contributed by atoms with Crippen molar-refractivity contribution < 1.29 is 4.79 Å². The van der Waals surface area contributed by atoms with Gasteiger partial charge in [0.15, 0.2) is 0 Å². The first-order valence-corrected chi connectivity index (χ1v) is 8.93. The Balaban J connectivity index is 1.79. The molecule has 1 atom stereocenters. The second-order valence-electron chi connectivity index (χ2n) is 6.00. The third-order valence-corrected chi connectivity index (χ3v) is 4.74. The van der Waals surface area contributed by atoms with E-state index < -0.39 is 0 Å². The zero-order chi connectivity index (χ0) is 17.1. The number of rotatable bonds is 5. The summed E-state index contributed by atoms with van der Waals surface area (Å²) in [5, 5.41) is 3.46. The van der Waals surface area contributed by atoms with Crippen LogP contribution in [-0.2, 0) is 0 Å². The summed E-state index contributed by atoms with van der Waals surface area (Å²) in [6.07, 6.45) is 0. The third kappa shape index (κ3) is 3.62. The second kappa shape index (κ2) is 7.09. The fourth-order valence-electron chi connectivity index (χ4n) is 2.53. The van der Waals surface area contributed by atoms with E-state index >= 15 is 0 Å². The number of aromatic nitrogens is 2. The molecule has 0 saturated heterocycles. The fraction of sp³-hybridized carbons (Fsp3) is 0.263. The van der Waals surface area contributed by atoms with E-state index in [-0.39, 0.29) is 11.9 Å². The number of benzene rings is 2. The van der Waals surface area contributed by atoms with Gasteiger partial charge in [0, 0.05) is 10.1 Å². The number of fused-ring (bicyclic) bond motifs is 1. The summed E-state index contributed by atoms with van der Waals surface area (Å²) in [4.78, 5) is 21.5. The average Bonchev–Trinajstić information content (AvgIpc) is 2.99. The maximum atomic E-state index is 12.7. The van der Waals surface area contributed by atoms with Gasteiger partial charge >= 0.3 is 0 Å². The number of H-pyrrole nitrogens is 1. The zero-order valence-corrected chi connectivity index (χ0v) is 14.9. The highest BCUT2D eigenvalue weighted by molar-refractivity contribution is 8.00. The molecular weight excluding hydrogens is 318 g/mol. The summed E-state index contributed by atoms with van der Waals surface area (Å²) in [7, 11) is 0. The summed E-state index contributed by atoms with van der Waals surface area (Å²) in [6, 6.07) is 15.4. The maximum absolute atomic E-state index is 12.7. The summed E-state index contributed by atoms with van der Waals surface area (Å²) >= 11 is 1.70. The first kappa shape index (κ1) is 16.6. The first-order valence-electron chi connectivity index (χ1n) is 8.06. The van der Waals surface area contributed by atoms with Crippen LogP contribution in [0.4, 0.5) is 0 Å². The quantitative estimate of drug-likeness (QED) is 0.670. The van der Waals surface area contributed by atoms with E-state index in [2.05, 4.69) is 29.1 Å². The van der Waals surface area contributed by atoms with Crippen LogP contribution in [0, 0.1) is 0 Å². The highest BCUT2D eigenvalue weighted by atomic mass is 32.2. The molecule has 5 heteroatoms. The molecule has 1 aromatic heterocycles. The van der Waals surface area contributed by atoms with Crippen molar-refractivity contribution in [1.82, 2.24) is 15.3 Å². The molecule has 3 rings (SSSR count). The standard InChI is InChI=1S/C19H21N3OS/c1-12(2)24-17-11-7-4-8-14(17)19(23)20-13(3)18-21-15-9-5-6-10-16(15)22-18/h4-13H,1-3H3,(H,20,23)(H,21,22). The second-order valence-corrected chi connectivity index (χ2v) is 7.62. The Morgan fingerprint density at radius 2 is 1.79 bits per heavy atom. The van der Waals surface area contributed by atoms with Gasteiger partial charge in [-0.05, 0) is 31.2 Å². The van der Waals surface area contributed by atoms with E-state index in [0.717, 1.165) is 21.8 Å². The number of hydrogen-bond acceptors (Lipinski definition) is 3. The van der Waals surface area contributed by atoms with Crippen LogP contribution in [0.15, 0.2) is 53.4 Å². The van der Waals surface area contributed by atoms with Gasteiger partial charge in [-0.3, -0.25) is 4.79 Å². The maximum Gasteiger partial charge on any atom is 0.252 e. The summed E-state index contributed by atoms with van der Waals surface area (Å²) in [5.41, 5.74) is 2.59. The van der Waals surface area contributed by atoms with Gasteiger partial charge in [-0.1, -0.05) is 38.1 Å². The predicted octanol–water partition coefficient (Wildman–Crippen LogP) is 4.55. The molecular formula is C19H21N3OS. The molecule has 124 valence electrons. The highest BCUT2D eigenvalue weighted by Crippen LogP contribution is 2.27. The molecule has 1 unspecified atom stereocenters. The summed E-state index contributed by atoms with van der Waals surface area (Å²) in [6.45, 7) is 6.18. The minimum absolute atomic E-state index is 0.0771. The lowest BCUT2D eigenvalue weighted by atomic mass is 10.2. The van der Waals surface area contributed by atoms with Crippen molar-refractivity contribution in [2.75, 3.05) is 0 Å². The molecule has 4 nitrogen and oxygen atoms in total. The van der Waals surface area contributed by atoms with Crippen molar-refractivity contribution in [3.63, 3.8) is 0 Å². The van der Waals surface area contributed by atoms with Gasteiger partial charge in [0.25, 0.3) is 5.91 Å². The minimum Gasteiger partial charge on any atom is -0.342 e. The lowest BCUT2D eigenvalue weighted by Gasteiger charge is -2.14. The Kier molecular flexibility index (Phi) is 4.90. The predicted molar refractivity (Wildman–Crippen MR) is 99.4 cm³/mol. The third-order valence-electron chi connectivity index (χ3n) is 3.66. The Morgan fingerprint density at radius 1 is 1.08 bits per heavy atom. The van der Waals surface area contributed by atoms with Gasteiger partial charge in [0.1, 0.15) is 5.82 Å². The molecule has 2 aromatic carbocycles. The van der Waals surface area contributed by atoms with Crippen molar-refractivity contribution >= 4 is 28.7 Å². The number of imidazole rings is 1. The van der Waals surface area contributed by atoms with Crippen LogP contribution in [0.5, 0.6) is 0 Å². The number of thioether (sulfide) groups is 1. The molecule has 24 heavy (non-hydrogen) atoms. The molecule has 2 N–H and O–H groups in total. The van der Waals surface area contributed by atoms with Crippen LogP contribution >= 0.6 is 11.8 Å². The number of amides is 1. The van der Waals surface area contributed by atoms with Gasteiger partial charge < -0.3 is 10.3 Å². The van der Waals surface area contributed by atoms with E-state index in [1.54, 1.807) is 11.8 Å². The van der Waals surface area contributed by atoms with E-state index in [1.807, 2.05) is 55.5 Å². The van der Waals surface area contributed by atoms with Gasteiger partial charge in [0.2, 0.25) is 0 Å². The van der Waals surface area contributed by atoms with Crippen LogP contribution in [-0.4, -0.2) is 21.1 Å². The Bertz CT molecular complexity index is 823. The van der Waals surface area contributed by atoms with Gasteiger partial charge in [-0.15, -0.1) is 11.8 Å².